The third-order valence-electron chi connectivity index (χ3n) is 15.1. The summed E-state index contributed by atoms with van der Waals surface area (Å²) in [7, 11) is 0. The highest BCUT2D eigenvalue weighted by molar-refractivity contribution is 5.77. The van der Waals surface area contributed by atoms with E-state index in [9.17, 15) is 125 Å². The largest absolute Gasteiger partial charge is 0.463 e. The zero-order valence-corrected chi connectivity index (χ0v) is 75.8. The van der Waals surface area contributed by atoms with Crippen molar-refractivity contribution in [1.82, 2.24) is 0 Å². The molecule has 0 radical (unpaired) electrons. The van der Waals surface area contributed by atoms with Crippen LogP contribution in [0, 0.1) is 0 Å². The predicted octanol–water partition coefficient (Wildman–Crippen LogP) is -2.04. The van der Waals surface area contributed by atoms with Crippen LogP contribution in [0.1, 0.15) is 166 Å². The molecule has 0 saturated carbocycles. The van der Waals surface area contributed by atoms with Gasteiger partial charge in [0, 0.05) is 166 Å². The van der Waals surface area contributed by atoms with Crippen LogP contribution in [0.25, 0.3) is 0 Å². The fourth-order valence-corrected chi connectivity index (χ4v) is 11.1. The number of ether oxygens (including phenoxy) is 27. The van der Waals surface area contributed by atoms with Crippen LogP contribution in [-0.4, -0.2) is 330 Å². The number of aldehydes is 2. The molecule has 738 valence electrons. The summed E-state index contributed by atoms with van der Waals surface area (Å²) in [5, 5.41) is 0. The molecule has 0 aromatic carbocycles. The number of hydrogen-bond donors (Lipinski definition) is 0. The zero-order chi connectivity index (χ0) is 101. The lowest BCUT2D eigenvalue weighted by atomic mass is 9.97. The van der Waals surface area contributed by atoms with Crippen molar-refractivity contribution in [3.05, 3.63) is 0 Å². The Morgan fingerprint density at radius 3 is 0.733 bits per heavy atom. The molecule has 53 nitrogen and oxygen atoms in total. The van der Waals surface area contributed by atoms with Gasteiger partial charge in [-0.3, -0.25) is 125 Å². The summed E-state index contributed by atoms with van der Waals surface area (Å²) in [6, 6.07) is 0. The molecule has 53 heteroatoms. The van der Waals surface area contributed by atoms with E-state index in [0.29, 0.717) is 0 Å². The summed E-state index contributed by atoms with van der Waals surface area (Å²) in [5.74, 6) is -22.8. The van der Waals surface area contributed by atoms with Gasteiger partial charge in [0.25, 0.3) is 0 Å². The van der Waals surface area contributed by atoms with Crippen molar-refractivity contribution in [2.45, 2.75) is 294 Å². The van der Waals surface area contributed by atoms with Gasteiger partial charge in [0.1, 0.15) is 58.5 Å². The van der Waals surface area contributed by atoms with Crippen LogP contribution >= 0.6 is 0 Å². The van der Waals surface area contributed by atoms with Gasteiger partial charge < -0.3 is 128 Å². The van der Waals surface area contributed by atoms with Gasteiger partial charge in [0.15, 0.2) is 116 Å². The van der Waals surface area contributed by atoms with Gasteiger partial charge >= 0.3 is 143 Å². The van der Waals surface area contributed by atoms with E-state index in [-0.39, 0.29) is 12.6 Å². The smallest absolute Gasteiger partial charge is 0.303 e. The Balaban J connectivity index is 0. The average molecular weight is 1890 g/mol. The molecule has 2 aliphatic rings. The molecule has 2 heterocycles. The van der Waals surface area contributed by atoms with Crippen LogP contribution in [-0.2, 0) is 253 Å². The van der Waals surface area contributed by atoms with E-state index in [0.717, 1.165) is 166 Å². The number of carbonyl (C=O) groups excluding carboxylic acids is 26. The third kappa shape index (κ3) is 50.2. The van der Waals surface area contributed by atoms with E-state index < -0.39 is 318 Å². The van der Waals surface area contributed by atoms with Crippen molar-refractivity contribution in [3.63, 3.8) is 0 Å². The number of carbonyl (C=O) groups is 26. The Bertz CT molecular complexity index is 3850. The summed E-state index contributed by atoms with van der Waals surface area (Å²) in [5.41, 5.74) is 0. The molecule has 0 unspecified atom stereocenters. The lowest BCUT2D eigenvalue weighted by molar-refractivity contribution is -0.384. The van der Waals surface area contributed by atoms with Gasteiger partial charge in [-0.25, -0.2) is 0 Å². The quantitative estimate of drug-likeness (QED) is 0.0360. The summed E-state index contributed by atoms with van der Waals surface area (Å²) in [6.45, 7) is 20.5. The lowest BCUT2D eigenvalue weighted by Gasteiger charge is -2.46. The molecule has 0 N–H and O–H groups in total. The van der Waals surface area contributed by atoms with E-state index in [1.165, 1.54) is 0 Å². The molecular weight excluding hydrogens is 1780 g/mol. The van der Waals surface area contributed by atoms with Crippen LogP contribution in [0.5, 0.6) is 0 Å². The number of esters is 24. The summed E-state index contributed by atoms with van der Waals surface area (Å²) < 4.78 is 140. The Kier molecular flexibility index (Phi) is 55.1. The highest BCUT2D eigenvalue weighted by Gasteiger charge is 2.65. The normalized spacial score (nSPS) is 19.9. The molecular formula is C78H108O53. The Labute approximate surface area is 746 Å². The SMILES string of the molecule is CC(=O)OC[C@@H](OC(C)=O)[C@@H](OC(C)=O)[C@H](OC(C)=O)[C@H](C=O)OC(C)=O.CC(=O)OC[C@@H](OC(C)=O)[C@H](OC(C)=O)[C@H](OC(C)=O)[C@H](C=O)OC(C)=O.CC(=O)OC[C@H](OC(C)=O)[C@@H](OC(C)=O)[C@H](OC(C)=O)[C@@H](COC(C)=O)OC(C)=O.CC(=O)OC[C@H]1O[C@@](COC(C)=O)(O[C@H]2O[C@H](COC(C)=O)[C@@H](OC(C)=O)[C@H](OC(C)=O)[C@H]2OC(C)=O)[C@@H](OC(C)=O)[C@@H]1OC(C)=O. The van der Waals surface area contributed by atoms with E-state index in [1.807, 2.05) is 0 Å². The Hall–Kier alpha value is -13.5. The van der Waals surface area contributed by atoms with Crippen molar-refractivity contribution >= 4 is 156 Å². The first-order chi connectivity index (χ1) is 60.6. The topological polar surface area (TPSA) is 693 Å². The molecule has 131 heavy (non-hydrogen) atoms. The van der Waals surface area contributed by atoms with E-state index in [1.54, 1.807) is 0 Å². The minimum atomic E-state index is -2.48. The standard InChI is InChI=1S/C28H38O19.C18H26O12.2C16H22O11/c1-12(29)37-9-20-22(40-15(4)32)24(42-17(6)34)25(43-18(7)35)27(45-20)47-28(11-39-14(3)31)26(44-19(8)36)23(41-16(5)33)21(46-28)10-38-13(2)30;1-9(19)25-7-15(27-11(3)21)17(29-13(5)23)18(30-14(6)24)16(28-12(4)22)8-26-10(2)20;2*1-8(18)23-7-14(25-10(3)20)16(27-12(5)22)15(26-11(4)21)13(6-17)24-9(2)19/h20-27H,9-11H2,1-8H3;15-18H,7-8H2,1-6H3;2*6,13-16H,7H2,1-5H3/t20-,21-,22-,23-,24+,25-,26+,27-,28+;15-,16+,17-,18-;13-,14+,15+,16+;13-,14+,15+,16-/m1100/s1. The van der Waals surface area contributed by atoms with Crippen LogP contribution in [0.3, 0.4) is 0 Å². The highest BCUT2D eigenvalue weighted by atomic mass is 16.8. The second-order valence-electron chi connectivity index (χ2n) is 27.0. The lowest BCUT2D eigenvalue weighted by Crippen LogP contribution is -2.65. The van der Waals surface area contributed by atoms with E-state index >= 15 is 0 Å². The van der Waals surface area contributed by atoms with Crippen LogP contribution < -0.4 is 0 Å². The minimum absolute atomic E-state index is 0.155. The first kappa shape index (κ1) is 120. The predicted molar refractivity (Wildman–Crippen MR) is 410 cm³/mol. The zero-order valence-electron chi connectivity index (χ0n) is 75.8. The van der Waals surface area contributed by atoms with Crippen LogP contribution in [0.2, 0.25) is 0 Å². The maximum absolute atomic E-state index is 12.3. The highest BCUT2D eigenvalue weighted by Crippen LogP contribution is 2.42. The van der Waals surface area contributed by atoms with Crippen molar-refractivity contribution in [2.75, 3.05) is 46.2 Å². The van der Waals surface area contributed by atoms with Crippen LogP contribution in [0.4, 0.5) is 0 Å². The van der Waals surface area contributed by atoms with Gasteiger partial charge in [-0.05, 0) is 0 Å². The molecule has 0 spiro atoms. The Morgan fingerprint density at radius 2 is 0.481 bits per heavy atom. The molecule has 2 rings (SSSR count). The maximum atomic E-state index is 12.3. The van der Waals surface area contributed by atoms with Gasteiger partial charge in [-0.1, -0.05) is 0 Å². The first-order valence-electron chi connectivity index (χ1n) is 38.4. The number of rotatable bonds is 44. The molecule has 0 bridgehead atoms. The van der Waals surface area contributed by atoms with Gasteiger partial charge in [0.05, 0.1) is 0 Å². The summed E-state index contributed by atoms with van der Waals surface area (Å²) >= 11 is 0. The van der Waals surface area contributed by atoms with Crippen molar-refractivity contribution in [3.8, 4) is 0 Å². The van der Waals surface area contributed by atoms with Crippen LogP contribution in [0.15, 0.2) is 0 Å². The summed E-state index contributed by atoms with van der Waals surface area (Å²) in [4.78, 5) is 301. The average Bonchev–Trinajstić information content (AvgIpc) is 1.60. The number of hydrogen-bond acceptors (Lipinski definition) is 53. The second kappa shape index (κ2) is 60.3. The Morgan fingerprint density at radius 1 is 0.244 bits per heavy atom. The molecule has 2 saturated heterocycles. The molecule has 0 aliphatic carbocycles. The molecule has 0 aromatic heterocycles. The van der Waals surface area contributed by atoms with E-state index in [2.05, 4.69) is 0 Å². The molecule has 0 aromatic rings. The molecule has 0 amide bonds. The third-order valence-corrected chi connectivity index (χ3v) is 15.1. The molecule has 2 aliphatic heterocycles. The van der Waals surface area contributed by atoms with Gasteiger partial charge in [-0.2, -0.15) is 0 Å². The fraction of sp³-hybridized carbons (Fsp3) is 0.667. The first-order valence-corrected chi connectivity index (χ1v) is 38.4. The van der Waals surface area contributed by atoms with Gasteiger partial charge in [-0.15, -0.1) is 0 Å². The monoisotopic (exact) mass is 1890 g/mol. The minimum Gasteiger partial charge on any atom is -0.463 e. The fourth-order valence-electron chi connectivity index (χ4n) is 11.1. The van der Waals surface area contributed by atoms with Gasteiger partial charge in [0.2, 0.25) is 12.1 Å². The summed E-state index contributed by atoms with van der Waals surface area (Å²) in [6.07, 6.45) is -31.7. The molecule has 2 fully saturated rings. The van der Waals surface area contributed by atoms with Crippen molar-refractivity contribution in [1.29, 1.82) is 0 Å². The van der Waals surface area contributed by atoms with Crippen molar-refractivity contribution in [2.24, 2.45) is 0 Å². The van der Waals surface area contributed by atoms with Crippen molar-refractivity contribution < 1.29 is 253 Å². The second-order valence-corrected chi connectivity index (χ2v) is 27.0. The maximum Gasteiger partial charge on any atom is 0.303 e. The van der Waals surface area contributed by atoms with E-state index in [4.69, 9.17) is 128 Å². The molecule has 21 atom stereocenters.